The minimum Gasteiger partial charge on any atom is -0.496 e. The van der Waals surface area contributed by atoms with Crippen molar-refractivity contribution < 1.29 is 9.53 Å². The molecule has 0 heterocycles. The normalized spacial score (nSPS) is 10.1. The summed E-state index contributed by atoms with van der Waals surface area (Å²) in [7, 11) is 1.52. The summed E-state index contributed by atoms with van der Waals surface area (Å²) < 4.78 is 6.09. The fourth-order valence-electron chi connectivity index (χ4n) is 2.07. The van der Waals surface area contributed by atoms with Gasteiger partial charge in [-0.05, 0) is 55.0 Å². The van der Waals surface area contributed by atoms with Crippen LogP contribution in [0.2, 0.25) is 5.02 Å². The lowest BCUT2D eigenvalue weighted by Crippen LogP contribution is -2.34. The first-order valence-corrected chi connectivity index (χ1v) is 8.20. The molecule has 2 N–H and O–H groups in total. The van der Waals surface area contributed by atoms with E-state index in [2.05, 4.69) is 26.6 Å². The van der Waals surface area contributed by atoms with E-state index >= 15 is 0 Å². The van der Waals surface area contributed by atoms with E-state index in [1.807, 2.05) is 13.0 Å². The average Bonchev–Trinajstić information content (AvgIpc) is 2.46. The molecule has 0 unspecified atom stereocenters. The molecule has 1 amide bonds. The third-order valence-corrected chi connectivity index (χ3v) is 3.89. The van der Waals surface area contributed by atoms with E-state index in [4.69, 9.17) is 28.6 Å². The molecular weight excluding hydrogens is 400 g/mol. The van der Waals surface area contributed by atoms with Crippen LogP contribution in [0.25, 0.3) is 0 Å². The number of benzene rings is 2. The fraction of sp³-hybridized carbons (Fsp3) is 0.125. The van der Waals surface area contributed by atoms with E-state index in [0.29, 0.717) is 22.0 Å². The number of methoxy groups -OCH3 is 1. The summed E-state index contributed by atoms with van der Waals surface area (Å²) in [6.07, 6.45) is 0. The van der Waals surface area contributed by atoms with Gasteiger partial charge in [-0.3, -0.25) is 10.1 Å². The topological polar surface area (TPSA) is 50.4 Å². The number of carbonyl (C=O) groups excluding carboxylic acids is 1. The standard InChI is InChI=1S/C16H14BrClN2O2S/c1-9-6-10(17)7-13(14(9)22-2)15(21)20-16(23)19-12-5-3-4-11(18)8-12/h3-8H,1-2H3,(H2,19,20,21,23). The number of rotatable bonds is 3. The SMILES string of the molecule is COc1c(C)cc(Br)cc1C(=O)NC(=S)Nc1cccc(Cl)c1. The van der Waals surface area contributed by atoms with Crippen LogP contribution < -0.4 is 15.4 Å². The van der Waals surface area contributed by atoms with Crippen LogP contribution in [-0.2, 0) is 0 Å². The summed E-state index contributed by atoms with van der Waals surface area (Å²) in [6.45, 7) is 1.86. The lowest BCUT2D eigenvalue weighted by molar-refractivity contribution is 0.0974. The number of amides is 1. The van der Waals surface area contributed by atoms with E-state index in [1.165, 1.54) is 7.11 Å². The first-order valence-electron chi connectivity index (χ1n) is 6.62. The van der Waals surface area contributed by atoms with Crippen LogP contribution >= 0.6 is 39.7 Å². The van der Waals surface area contributed by atoms with Crippen LogP contribution in [0.3, 0.4) is 0 Å². The van der Waals surface area contributed by atoms with Crippen molar-refractivity contribution in [3.63, 3.8) is 0 Å². The van der Waals surface area contributed by atoms with Crippen molar-refractivity contribution in [2.45, 2.75) is 6.92 Å². The van der Waals surface area contributed by atoms with Crippen LogP contribution in [-0.4, -0.2) is 18.1 Å². The number of aryl methyl sites for hydroxylation is 1. The quantitative estimate of drug-likeness (QED) is 0.725. The zero-order chi connectivity index (χ0) is 17.0. The molecule has 0 aliphatic rings. The number of nitrogens with one attached hydrogen (secondary N) is 2. The van der Waals surface area contributed by atoms with Crippen molar-refractivity contribution in [2.75, 3.05) is 12.4 Å². The molecule has 0 saturated carbocycles. The van der Waals surface area contributed by atoms with Gasteiger partial charge in [-0.15, -0.1) is 0 Å². The Balaban J connectivity index is 2.14. The maximum atomic E-state index is 12.4. The highest BCUT2D eigenvalue weighted by molar-refractivity contribution is 9.10. The number of carbonyl (C=O) groups is 1. The van der Waals surface area contributed by atoms with E-state index in [-0.39, 0.29) is 11.0 Å². The molecule has 0 fully saturated rings. The highest BCUT2D eigenvalue weighted by Crippen LogP contribution is 2.27. The Bertz CT molecular complexity index is 768. The highest BCUT2D eigenvalue weighted by Gasteiger charge is 2.16. The van der Waals surface area contributed by atoms with Gasteiger partial charge in [-0.1, -0.05) is 33.6 Å². The second kappa shape index (κ2) is 7.77. The third-order valence-electron chi connectivity index (χ3n) is 3.00. The molecule has 2 aromatic rings. The maximum Gasteiger partial charge on any atom is 0.261 e. The Hall–Kier alpha value is -1.63. The molecule has 0 atom stereocenters. The van der Waals surface area contributed by atoms with E-state index in [1.54, 1.807) is 30.3 Å². The fourth-order valence-corrected chi connectivity index (χ4v) is 3.04. The van der Waals surface area contributed by atoms with Crippen LogP contribution in [0.4, 0.5) is 5.69 Å². The molecule has 0 radical (unpaired) electrons. The van der Waals surface area contributed by atoms with Gasteiger partial charge in [0.1, 0.15) is 5.75 Å². The number of hydrogen-bond acceptors (Lipinski definition) is 3. The summed E-state index contributed by atoms with van der Waals surface area (Å²) in [5, 5.41) is 6.30. The van der Waals surface area contributed by atoms with Gasteiger partial charge < -0.3 is 10.1 Å². The molecule has 120 valence electrons. The zero-order valence-electron chi connectivity index (χ0n) is 12.4. The van der Waals surface area contributed by atoms with Gasteiger partial charge in [0, 0.05) is 15.2 Å². The lowest BCUT2D eigenvalue weighted by Gasteiger charge is -2.14. The molecular formula is C16H14BrClN2O2S. The van der Waals surface area contributed by atoms with Crippen molar-refractivity contribution in [2.24, 2.45) is 0 Å². The number of halogens is 2. The Morgan fingerprint density at radius 3 is 2.70 bits per heavy atom. The van der Waals surface area contributed by atoms with Crippen LogP contribution in [0.15, 0.2) is 40.9 Å². The average molecular weight is 414 g/mol. The largest absolute Gasteiger partial charge is 0.496 e. The Morgan fingerprint density at radius 2 is 2.04 bits per heavy atom. The molecule has 0 spiro atoms. The van der Waals surface area contributed by atoms with Crippen molar-refractivity contribution in [3.8, 4) is 5.75 Å². The van der Waals surface area contributed by atoms with Gasteiger partial charge in [0.25, 0.3) is 5.91 Å². The van der Waals surface area contributed by atoms with E-state index in [9.17, 15) is 4.79 Å². The highest BCUT2D eigenvalue weighted by atomic mass is 79.9. The molecule has 0 aliphatic heterocycles. The van der Waals surface area contributed by atoms with Crippen LogP contribution in [0.5, 0.6) is 5.75 Å². The molecule has 0 aromatic heterocycles. The second-order valence-electron chi connectivity index (χ2n) is 4.72. The first-order chi connectivity index (χ1) is 10.9. The summed E-state index contributed by atoms with van der Waals surface area (Å²) in [6, 6.07) is 10.6. The Morgan fingerprint density at radius 1 is 1.30 bits per heavy atom. The minimum absolute atomic E-state index is 0.178. The molecule has 0 bridgehead atoms. The van der Waals surface area contributed by atoms with Gasteiger partial charge in [0.2, 0.25) is 0 Å². The number of ether oxygens (including phenoxy) is 1. The van der Waals surface area contributed by atoms with Crippen LogP contribution in [0.1, 0.15) is 15.9 Å². The Labute approximate surface area is 153 Å². The van der Waals surface area contributed by atoms with Crippen molar-refractivity contribution in [3.05, 3.63) is 57.0 Å². The molecule has 23 heavy (non-hydrogen) atoms. The van der Waals surface area contributed by atoms with Crippen molar-refractivity contribution in [1.82, 2.24) is 5.32 Å². The van der Waals surface area contributed by atoms with Crippen molar-refractivity contribution in [1.29, 1.82) is 0 Å². The predicted molar refractivity (Wildman–Crippen MR) is 101 cm³/mol. The van der Waals surface area contributed by atoms with Gasteiger partial charge >= 0.3 is 0 Å². The molecule has 7 heteroatoms. The minimum atomic E-state index is -0.356. The van der Waals surface area contributed by atoms with Crippen LogP contribution in [0, 0.1) is 6.92 Å². The van der Waals surface area contributed by atoms with Gasteiger partial charge in [0.05, 0.1) is 12.7 Å². The maximum absolute atomic E-state index is 12.4. The molecule has 4 nitrogen and oxygen atoms in total. The second-order valence-corrected chi connectivity index (χ2v) is 6.48. The number of thiocarbonyl (C=S) groups is 1. The first kappa shape index (κ1) is 17.7. The summed E-state index contributed by atoms with van der Waals surface area (Å²) in [5.41, 5.74) is 1.94. The van der Waals surface area contributed by atoms with E-state index in [0.717, 1.165) is 10.0 Å². The molecule has 2 aromatic carbocycles. The summed E-state index contributed by atoms with van der Waals surface area (Å²) in [4.78, 5) is 12.4. The smallest absolute Gasteiger partial charge is 0.261 e. The van der Waals surface area contributed by atoms with Gasteiger partial charge in [-0.25, -0.2) is 0 Å². The summed E-state index contributed by atoms with van der Waals surface area (Å²) in [5.74, 6) is 0.155. The van der Waals surface area contributed by atoms with Gasteiger partial charge in [0.15, 0.2) is 5.11 Å². The predicted octanol–water partition coefficient (Wildman–Crippen LogP) is 4.55. The number of anilines is 1. The Kier molecular flexibility index (Phi) is 5.98. The monoisotopic (exact) mass is 412 g/mol. The molecule has 2 rings (SSSR count). The molecule has 0 aliphatic carbocycles. The lowest BCUT2D eigenvalue weighted by atomic mass is 10.1. The molecule has 0 saturated heterocycles. The van der Waals surface area contributed by atoms with Crippen molar-refractivity contribution >= 4 is 56.5 Å². The zero-order valence-corrected chi connectivity index (χ0v) is 15.6. The number of hydrogen-bond donors (Lipinski definition) is 2. The third kappa shape index (κ3) is 4.67. The van der Waals surface area contributed by atoms with Gasteiger partial charge in [-0.2, -0.15) is 0 Å². The summed E-state index contributed by atoms with van der Waals surface area (Å²) >= 11 is 14.4. The van der Waals surface area contributed by atoms with E-state index < -0.39 is 0 Å².